The summed E-state index contributed by atoms with van der Waals surface area (Å²) in [5.41, 5.74) is 0.235. The van der Waals surface area contributed by atoms with Crippen LogP contribution in [-0.4, -0.2) is 22.0 Å². The molecule has 0 bridgehead atoms. The smallest absolute Gasteiger partial charge is 0.217 e. The zero-order valence-electron chi connectivity index (χ0n) is 11.1. The van der Waals surface area contributed by atoms with E-state index in [2.05, 4.69) is 5.10 Å². The maximum absolute atomic E-state index is 13.7. The molecule has 0 saturated carbocycles. The molecule has 0 aliphatic carbocycles. The van der Waals surface area contributed by atoms with E-state index >= 15 is 0 Å². The van der Waals surface area contributed by atoms with Crippen LogP contribution in [0.4, 0.5) is 13.2 Å². The fourth-order valence-electron chi connectivity index (χ4n) is 2.12. The molecule has 7 heteroatoms. The number of nitrogens with zero attached hydrogens (tertiary/aromatic N) is 2. The molecule has 20 heavy (non-hydrogen) atoms. The van der Waals surface area contributed by atoms with E-state index in [4.69, 9.17) is 4.74 Å². The molecule has 0 fully saturated rings. The van der Waals surface area contributed by atoms with Gasteiger partial charge < -0.3 is 9.84 Å². The lowest BCUT2D eigenvalue weighted by atomic mass is 10.0. The number of ether oxygens (including phenoxy) is 1. The maximum Gasteiger partial charge on any atom is 0.217 e. The van der Waals surface area contributed by atoms with Gasteiger partial charge in [0.1, 0.15) is 6.10 Å². The average Bonchev–Trinajstić information content (AvgIpc) is 2.69. The summed E-state index contributed by atoms with van der Waals surface area (Å²) in [5.74, 6) is -4.14. The first-order chi connectivity index (χ1) is 9.38. The molecule has 108 valence electrons. The van der Waals surface area contributed by atoms with Crippen LogP contribution >= 0.6 is 0 Å². The van der Waals surface area contributed by atoms with Gasteiger partial charge in [-0.05, 0) is 13.0 Å². The Bertz CT molecular complexity index is 656. The minimum Gasteiger partial charge on any atom is -0.481 e. The molecule has 4 nitrogen and oxygen atoms in total. The third-order valence-electron chi connectivity index (χ3n) is 3.04. The summed E-state index contributed by atoms with van der Waals surface area (Å²) in [4.78, 5) is 0. The molecule has 1 unspecified atom stereocenters. The summed E-state index contributed by atoms with van der Waals surface area (Å²) in [6.07, 6.45) is -1.51. The fraction of sp³-hybridized carbons (Fsp3) is 0.308. The van der Waals surface area contributed by atoms with Crippen LogP contribution in [0.25, 0.3) is 0 Å². The lowest BCUT2D eigenvalue weighted by molar-refractivity contribution is 0.205. The zero-order chi connectivity index (χ0) is 15.0. The minimum atomic E-state index is -1.62. The third kappa shape index (κ3) is 2.14. The van der Waals surface area contributed by atoms with E-state index in [9.17, 15) is 18.3 Å². The van der Waals surface area contributed by atoms with Gasteiger partial charge in [-0.15, -0.1) is 0 Å². The van der Waals surface area contributed by atoms with Crippen LogP contribution in [0.1, 0.15) is 22.9 Å². The van der Waals surface area contributed by atoms with Crippen molar-refractivity contribution in [2.24, 2.45) is 7.05 Å². The standard InChI is InChI=1S/C13H13F3N2O2/c1-6-9(13(20-3)18(2)17-6)12(19)7-4-5-8(14)11(16)10(7)15/h4-5,12,19H,1-3H3. The summed E-state index contributed by atoms with van der Waals surface area (Å²) in [7, 11) is 2.96. The normalized spacial score (nSPS) is 12.6. The van der Waals surface area contributed by atoms with Crippen LogP contribution in [-0.2, 0) is 7.05 Å². The molecule has 1 heterocycles. The van der Waals surface area contributed by atoms with Crippen LogP contribution in [0, 0.1) is 24.4 Å². The van der Waals surface area contributed by atoms with Gasteiger partial charge in [-0.3, -0.25) is 0 Å². The predicted octanol–water partition coefficient (Wildman–Crippen LogP) is 2.24. The predicted molar refractivity (Wildman–Crippen MR) is 64.9 cm³/mol. The molecule has 0 amide bonds. The van der Waals surface area contributed by atoms with Gasteiger partial charge in [-0.1, -0.05) is 6.07 Å². The molecule has 1 atom stereocenters. The Morgan fingerprint density at radius 2 is 1.90 bits per heavy atom. The van der Waals surface area contributed by atoms with E-state index in [1.165, 1.54) is 11.8 Å². The van der Waals surface area contributed by atoms with E-state index in [1.807, 2.05) is 0 Å². The van der Waals surface area contributed by atoms with Crippen molar-refractivity contribution in [3.8, 4) is 5.88 Å². The highest BCUT2D eigenvalue weighted by molar-refractivity contribution is 5.40. The lowest BCUT2D eigenvalue weighted by Gasteiger charge is -2.14. The second-order valence-electron chi connectivity index (χ2n) is 4.30. The summed E-state index contributed by atoms with van der Waals surface area (Å²) in [5, 5.41) is 14.3. The summed E-state index contributed by atoms with van der Waals surface area (Å²) in [6, 6.07) is 1.75. The topological polar surface area (TPSA) is 47.3 Å². The number of aliphatic hydroxyl groups is 1. The molecular formula is C13H13F3N2O2. The number of aryl methyl sites for hydroxylation is 2. The highest BCUT2D eigenvalue weighted by Gasteiger charge is 2.27. The minimum absolute atomic E-state index is 0.208. The van der Waals surface area contributed by atoms with E-state index in [-0.39, 0.29) is 17.0 Å². The first kappa shape index (κ1) is 14.4. The van der Waals surface area contributed by atoms with Crippen LogP contribution in [0.5, 0.6) is 5.88 Å². The Kier molecular flexibility index (Phi) is 3.71. The Morgan fingerprint density at radius 1 is 1.25 bits per heavy atom. The van der Waals surface area contributed by atoms with E-state index in [0.717, 1.165) is 12.1 Å². The van der Waals surface area contributed by atoms with Crippen LogP contribution in [0.15, 0.2) is 12.1 Å². The zero-order valence-corrected chi connectivity index (χ0v) is 11.1. The number of benzene rings is 1. The summed E-state index contributed by atoms with van der Waals surface area (Å²) < 4.78 is 46.3. The van der Waals surface area contributed by atoms with Crippen molar-refractivity contribution in [1.82, 2.24) is 9.78 Å². The van der Waals surface area contributed by atoms with Gasteiger partial charge >= 0.3 is 0 Å². The summed E-state index contributed by atoms with van der Waals surface area (Å²) >= 11 is 0. The Hall–Kier alpha value is -2.02. The Labute approximate surface area is 113 Å². The lowest BCUT2D eigenvalue weighted by Crippen LogP contribution is -2.08. The van der Waals surface area contributed by atoms with Gasteiger partial charge in [0.25, 0.3) is 0 Å². The number of hydrogen-bond donors (Lipinski definition) is 1. The molecule has 2 aromatic rings. The third-order valence-corrected chi connectivity index (χ3v) is 3.04. The van der Waals surface area contributed by atoms with Crippen molar-refractivity contribution < 1.29 is 23.0 Å². The molecule has 1 N–H and O–H groups in total. The number of methoxy groups -OCH3 is 1. The van der Waals surface area contributed by atoms with E-state index in [0.29, 0.717) is 5.69 Å². The molecule has 1 aromatic carbocycles. The van der Waals surface area contributed by atoms with Gasteiger partial charge in [0.15, 0.2) is 17.5 Å². The molecule has 0 aliphatic rings. The van der Waals surface area contributed by atoms with Crippen molar-refractivity contribution >= 4 is 0 Å². The average molecular weight is 286 g/mol. The quantitative estimate of drug-likeness (QED) is 0.880. The molecular weight excluding hydrogens is 273 g/mol. The summed E-state index contributed by atoms with van der Waals surface area (Å²) in [6.45, 7) is 1.60. The highest BCUT2D eigenvalue weighted by Crippen LogP contribution is 2.34. The first-order valence-corrected chi connectivity index (χ1v) is 5.77. The Morgan fingerprint density at radius 3 is 2.50 bits per heavy atom. The van der Waals surface area contributed by atoms with Gasteiger partial charge in [0.2, 0.25) is 5.88 Å². The van der Waals surface area contributed by atoms with Crippen LogP contribution in [0.2, 0.25) is 0 Å². The number of halogens is 3. The second kappa shape index (κ2) is 5.16. The number of aliphatic hydroxyl groups excluding tert-OH is 1. The molecule has 0 aliphatic heterocycles. The van der Waals surface area contributed by atoms with Gasteiger partial charge in [0.05, 0.1) is 18.4 Å². The monoisotopic (exact) mass is 286 g/mol. The fourth-order valence-corrected chi connectivity index (χ4v) is 2.12. The van der Waals surface area contributed by atoms with Crippen molar-refractivity contribution in [2.75, 3.05) is 7.11 Å². The van der Waals surface area contributed by atoms with Crippen molar-refractivity contribution in [1.29, 1.82) is 0 Å². The van der Waals surface area contributed by atoms with Crippen molar-refractivity contribution in [3.05, 3.63) is 46.4 Å². The number of hydrogen-bond acceptors (Lipinski definition) is 3. The van der Waals surface area contributed by atoms with E-state index in [1.54, 1.807) is 14.0 Å². The van der Waals surface area contributed by atoms with Gasteiger partial charge in [0, 0.05) is 12.6 Å². The van der Waals surface area contributed by atoms with Crippen molar-refractivity contribution in [2.45, 2.75) is 13.0 Å². The van der Waals surface area contributed by atoms with Crippen molar-refractivity contribution in [3.63, 3.8) is 0 Å². The van der Waals surface area contributed by atoms with E-state index < -0.39 is 23.6 Å². The number of aromatic nitrogens is 2. The SMILES string of the molecule is COc1c(C(O)c2ccc(F)c(F)c2F)c(C)nn1C. The second-order valence-corrected chi connectivity index (χ2v) is 4.30. The first-order valence-electron chi connectivity index (χ1n) is 5.77. The molecule has 0 saturated heterocycles. The van der Waals surface area contributed by atoms with Gasteiger partial charge in [-0.25, -0.2) is 17.9 Å². The van der Waals surface area contributed by atoms with Crippen LogP contribution in [0.3, 0.4) is 0 Å². The molecule has 0 radical (unpaired) electrons. The van der Waals surface area contributed by atoms with Gasteiger partial charge in [-0.2, -0.15) is 5.10 Å². The highest BCUT2D eigenvalue weighted by atomic mass is 19.2. The van der Waals surface area contributed by atoms with Crippen LogP contribution < -0.4 is 4.74 Å². The maximum atomic E-state index is 13.7. The molecule has 2 rings (SSSR count). The number of rotatable bonds is 3. The Balaban J connectivity index is 2.58. The molecule has 0 spiro atoms. The molecule has 1 aromatic heterocycles. The largest absolute Gasteiger partial charge is 0.481 e.